The van der Waals surface area contributed by atoms with Crippen LogP contribution in [0.5, 0.6) is 5.88 Å². The van der Waals surface area contributed by atoms with Gasteiger partial charge in [-0.05, 0) is 50.1 Å². The fraction of sp³-hybridized carbons (Fsp3) is 0.348. The van der Waals surface area contributed by atoms with Gasteiger partial charge in [0.2, 0.25) is 0 Å². The number of piperazine rings is 1. The maximum atomic E-state index is 12.9. The summed E-state index contributed by atoms with van der Waals surface area (Å²) in [7, 11) is 0. The monoisotopic (exact) mass is 405 g/mol. The van der Waals surface area contributed by atoms with Crippen molar-refractivity contribution in [2.24, 2.45) is 0 Å². The van der Waals surface area contributed by atoms with Gasteiger partial charge in [-0.1, -0.05) is 24.3 Å². The number of hydrogen-bond donors (Lipinski definition) is 1. The van der Waals surface area contributed by atoms with Crippen LogP contribution >= 0.6 is 0 Å². The van der Waals surface area contributed by atoms with Crippen molar-refractivity contribution in [1.29, 1.82) is 0 Å². The maximum Gasteiger partial charge on any atom is 0.323 e. The fourth-order valence-corrected chi connectivity index (χ4v) is 3.71. The highest BCUT2D eigenvalue weighted by molar-refractivity contribution is 5.91. The van der Waals surface area contributed by atoms with Gasteiger partial charge in [0.25, 0.3) is 5.88 Å². The Labute approximate surface area is 176 Å². The van der Waals surface area contributed by atoms with Crippen LogP contribution in [0.2, 0.25) is 0 Å². The molecule has 1 aliphatic rings. The van der Waals surface area contributed by atoms with E-state index in [4.69, 9.17) is 4.74 Å². The van der Waals surface area contributed by atoms with E-state index in [0.29, 0.717) is 31.4 Å². The predicted octanol–water partition coefficient (Wildman–Crippen LogP) is 4.00. The first-order chi connectivity index (χ1) is 14.6. The maximum absolute atomic E-state index is 12.9. The van der Waals surface area contributed by atoms with Crippen LogP contribution in [0, 0.1) is 13.8 Å². The number of aromatic nitrogens is 2. The topological polar surface area (TPSA) is 70.6 Å². The van der Waals surface area contributed by atoms with Gasteiger partial charge in [0, 0.05) is 31.9 Å². The van der Waals surface area contributed by atoms with Crippen LogP contribution < -0.4 is 15.0 Å². The van der Waals surface area contributed by atoms with Crippen LogP contribution in [0.25, 0.3) is 11.0 Å². The molecule has 1 N–H and O–H groups in total. The van der Waals surface area contributed by atoms with Gasteiger partial charge in [-0.3, -0.25) is 5.32 Å². The molecule has 0 unspecified atom stereocenters. The van der Waals surface area contributed by atoms with E-state index in [9.17, 15) is 4.79 Å². The van der Waals surface area contributed by atoms with E-state index in [2.05, 4.69) is 52.2 Å². The SMILES string of the molecule is CCOc1nc2ccccc2nc1NC(=O)N1CCN(c2cccc(C)c2C)CC1. The Morgan fingerprint density at radius 1 is 1.00 bits per heavy atom. The summed E-state index contributed by atoms with van der Waals surface area (Å²) >= 11 is 0. The number of nitrogens with zero attached hydrogens (tertiary/aromatic N) is 4. The quantitative estimate of drug-likeness (QED) is 0.710. The third-order valence-corrected chi connectivity index (χ3v) is 5.53. The molecule has 0 atom stereocenters. The van der Waals surface area contributed by atoms with E-state index in [-0.39, 0.29) is 6.03 Å². The molecule has 2 heterocycles. The summed E-state index contributed by atoms with van der Waals surface area (Å²) in [6, 6.07) is 13.7. The van der Waals surface area contributed by atoms with E-state index in [1.807, 2.05) is 36.1 Å². The average molecular weight is 406 g/mol. The molecule has 0 bridgehead atoms. The zero-order valence-corrected chi connectivity index (χ0v) is 17.7. The van der Waals surface area contributed by atoms with Gasteiger partial charge in [0.1, 0.15) is 0 Å². The zero-order chi connectivity index (χ0) is 21.1. The van der Waals surface area contributed by atoms with Crippen molar-refractivity contribution in [3.63, 3.8) is 0 Å². The van der Waals surface area contributed by atoms with Gasteiger partial charge in [-0.2, -0.15) is 0 Å². The first kappa shape index (κ1) is 19.9. The minimum absolute atomic E-state index is 0.179. The van der Waals surface area contributed by atoms with Gasteiger partial charge in [0.05, 0.1) is 17.6 Å². The number of carbonyl (C=O) groups excluding carboxylic acids is 1. The molecule has 0 saturated carbocycles. The van der Waals surface area contributed by atoms with Crippen molar-refractivity contribution in [3.8, 4) is 5.88 Å². The van der Waals surface area contributed by atoms with Crippen LogP contribution in [-0.2, 0) is 0 Å². The number of fused-ring (bicyclic) bond motifs is 1. The molecule has 1 aliphatic heterocycles. The summed E-state index contributed by atoms with van der Waals surface area (Å²) in [5, 5.41) is 2.90. The van der Waals surface area contributed by atoms with Crippen LogP contribution in [-0.4, -0.2) is 53.7 Å². The molecule has 7 heteroatoms. The molecular formula is C23H27N5O2. The summed E-state index contributed by atoms with van der Waals surface area (Å²) in [6.07, 6.45) is 0. The van der Waals surface area contributed by atoms with Gasteiger partial charge in [-0.15, -0.1) is 0 Å². The van der Waals surface area contributed by atoms with Crippen LogP contribution in [0.4, 0.5) is 16.3 Å². The number of amides is 2. The molecule has 7 nitrogen and oxygen atoms in total. The molecule has 2 amide bonds. The van der Waals surface area contributed by atoms with Crippen molar-refractivity contribution in [1.82, 2.24) is 14.9 Å². The Balaban J connectivity index is 1.46. The van der Waals surface area contributed by atoms with Crippen molar-refractivity contribution in [3.05, 3.63) is 53.6 Å². The van der Waals surface area contributed by atoms with E-state index < -0.39 is 0 Å². The lowest BCUT2D eigenvalue weighted by Crippen LogP contribution is -2.50. The lowest BCUT2D eigenvalue weighted by Gasteiger charge is -2.37. The van der Waals surface area contributed by atoms with Gasteiger partial charge >= 0.3 is 6.03 Å². The number of rotatable bonds is 4. The molecule has 1 saturated heterocycles. The van der Waals surface area contributed by atoms with Crippen molar-refractivity contribution in [2.75, 3.05) is 43.0 Å². The second-order valence-electron chi connectivity index (χ2n) is 7.42. The average Bonchev–Trinajstić information content (AvgIpc) is 2.76. The molecule has 0 radical (unpaired) electrons. The molecule has 156 valence electrons. The van der Waals surface area contributed by atoms with Gasteiger partial charge in [-0.25, -0.2) is 14.8 Å². The van der Waals surface area contributed by atoms with Crippen LogP contribution in [0.3, 0.4) is 0 Å². The third-order valence-electron chi connectivity index (χ3n) is 5.53. The van der Waals surface area contributed by atoms with Crippen molar-refractivity contribution >= 4 is 28.6 Å². The van der Waals surface area contributed by atoms with E-state index in [1.54, 1.807) is 0 Å². The molecule has 1 fully saturated rings. The molecule has 2 aromatic carbocycles. The van der Waals surface area contributed by atoms with Crippen LogP contribution in [0.15, 0.2) is 42.5 Å². The molecule has 1 aromatic heterocycles. The number of nitrogens with one attached hydrogen (secondary N) is 1. The smallest absolute Gasteiger partial charge is 0.323 e. The summed E-state index contributed by atoms with van der Waals surface area (Å²) in [6.45, 7) is 9.48. The number of aryl methyl sites for hydroxylation is 1. The predicted molar refractivity (Wildman–Crippen MR) is 119 cm³/mol. The van der Waals surface area contributed by atoms with E-state index in [1.165, 1.54) is 16.8 Å². The Morgan fingerprint density at radius 2 is 1.70 bits per heavy atom. The Kier molecular flexibility index (Phi) is 5.70. The van der Waals surface area contributed by atoms with E-state index in [0.717, 1.165) is 24.1 Å². The number of ether oxygens (including phenoxy) is 1. The standard InChI is InChI=1S/C23H27N5O2/c1-4-30-22-21(24-18-9-5-6-10-19(18)25-22)26-23(29)28-14-12-27(13-15-28)20-11-7-8-16(2)17(20)3/h5-11H,4,12-15H2,1-3H3,(H,24,26,29). The summed E-state index contributed by atoms with van der Waals surface area (Å²) < 4.78 is 5.62. The largest absolute Gasteiger partial charge is 0.475 e. The number of urea groups is 1. The number of benzene rings is 2. The first-order valence-corrected chi connectivity index (χ1v) is 10.3. The first-order valence-electron chi connectivity index (χ1n) is 10.3. The molecular weight excluding hydrogens is 378 g/mol. The van der Waals surface area contributed by atoms with Crippen molar-refractivity contribution in [2.45, 2.75) is 20.8 Å². The second-order valence-corrected chi connectivity index (χ2v) is 7.42. The molecule has 30 heavy (non-hydrogen) atoms. The highest BCUT2D eigenvalue weighted by Gasteiger charge is 2.24. The summed E-state index contributed by atoms with van der Waals surface area (Å²) in [4.78, 5) is 26.1. The lowest BCUT2D eigenvalue weighted by molar-refractivity contribution is 0.208. The van der Waals surface area contributed by atoms with Crippen molar-refractivity contribution < 1.29 is 9.53 Å². The van der Waals surface area contributed by atoms with Gasteiger partial charge in [0.15, 0.2) is 5.82 Å². The molecule has 0 spiro atoms. The lowest BCUT2D eigenvalue weighted by atomic mass is 10.1. The third kappa shape index (κ3) is 4.01. The molecule has 3 aromatic rings. The highest BCUT2D eigenvalue weighted by atomic mass is 16.5. The summed E-state index contributed by atoms with van der Waals surface area (Å²) in [5.74, 6) is 0.705. The highest BCUT2D eigenvalue weighted by Crippen LogP contribution is 2.26. The molecule has 0 aliphatic carbocycles. The Bertz CT molecular complexity index is 1060. The Hall–Kier alpha value is -3.35. The van der Waals surface area contributed by atoms with Crippen LogP contribution in [0.1, 0.15) is 18.1 Å². The summed E-state index contributed by atoms with van der Waals surface area (Å²) in [5.41, 5.74) is 5.28. The number of carbonyl (C=O) groups is 1. The fourth-order valence-electron chi connectivity index (χ4n) is 3.71. The van der Waals surface area contributed by atoms with E-state index >= 15 is 0 Å². The normalized spacial score (nSPS) is 14.1. The molecule has 4 rings (SSSR count). The minimum Gasteiger partial charge on any atom is -0.475 e. The number of para-hydroxylation sites is 2. The zero-order valence-electron chi connectivity index (χ0n) is 17.7. The minimum atomic E-state index is -0.179. The number of anilines is 2. The second kappa shape index (κ2) is 8.57. The van der Waals surface area contributed by atoms with Gasteiger partial charge < -0.3 is 14.5 Å². The Morgan fingerprint density at radius 3 is 2.40 bits per heavy atom. The number of hydrogen-bond acceptors (Lipinski definition) is 5.